The molecule has 0 aliphatic rings. The van der Waals surface area contributed by atoms with Crippen LogP contribution < -0.4 is 0 Å². The first kappa shape index (κ1) is 18.6. The van der Waals surface area contributed by atoms with Crippen LogP contribution in [-0.2, 0) is 16.6 Å². The van der Waals surface area contributed by atoms with E-state index in [0.29, 0.717) is 16.6 Å². The summed E-state index contributed by atoms with van der Waals surface area (Å²) in [6, 6.07) is 14.2. The molecule has 0 spiro atoms. The van der Waals surface area contributed by atoms with Gasteiger partial charge in [-0.3, -0.25) is 4.79 Å². The summed E-state index contributed by atoms with van der Waals surface area (Å²) in [6.45, 7) is 0.450. The van der Waals surface area contributed by atoms with Gasteiger partial charge in [0, 0.05) is 37.7 Å². The predicted molar refractivity (Wildman–Crippen MR) is 97.3 cm³/mol. The summed E-state index contributed by atoms with van der Waals surface area (Å²) >= 11 is 3.24. The molecule has 2 aromatic carbocycles. The molecule has 0 unspecified atom stereocenters. The van der Waals surface area contributed by atoms with Crippen molar-refractivity contribution < 1.29 is 13.2 Å². The van der Waals surface area contributed by atoms with Crippen molar-refractivity contribution in [3.63, 3.8) is 0 Å². The van der Waals surface area contributed by atoms with Gasteiger partial charge < -0.3 is 4.90 Å². The third kappa shape index (κ3) is 4.03. The summed E-state index contributed by atoms with van der Waals surface area (Å²) in [4.78, 5) is 14.2. The summed E-state index contributed by atoms with van der Waals surface area (Å²) < 4.78 is 26.3. The van der Waals surface area contributed by atoms with Crippen LogP contribution in [0.15, 0.2) is 57.9 Å². The van der Waals surface area contributed by atoms with Gasteiger partial charge in [0.15, 0.2) is 0 Å². The number of carbonyl (C=O) groups excluding carboxylic acids is 1. The molecule has 0 aliphatic carbocycles. The van der Waals surface area contributed by atoms with Crippen LogP contribution in [0.1, 0.15) is 15.9 Å². The van der Waals surface area contributed by atoms with Gasteiger partial charge in [-0.2, -0.15) is 0 Å². The number of hydrogen-bond donors (Lipinski definition) is 0. The zero-order valence-corrected chi connectivity index (χ0v) is 16.1. The first-order chi connectivity index (χ1) is 11.2. The number of hydrogen-bond acceptors (Lipinski definition) is 3. The maximum atomic E-state index is 12.6. The Bertz CT molecular complexity index is 836. The van der Waals surface area contributed by atoms with Gasteiger partial charge in [-0.1, -0.05) is 30.3 Å². The molecule has 0 heterocycles. The molecular weight excluding hydrogens is 392 g/mol. The Balaban J connectivity index is 2.30. The summed E-state index contributed by atoms with van der Waals surface area (Å²) in [5.74, 6) is -0.235. The predicted octanol–water partition coefficient (Wildman–Crippen LogP) is 2.97. The molecule has 5 nitrogen and oxygen atoms in total. The van der Waals surface area contributed by atoms with Crippen LogP contribution in [0, 0.1) is 0 Å². The normalized spacial score (nSPS) is 11.5. The fourth-order valence-electron chi connectivity index (χ4n) is 2.18. The molecule has 7 heteroatoms. The molecule has 1 amide bonds. The Labute approximate surface area is 151 Å². The average Bonchev–Trinajstić information content (AvgIpc) is 2.55. The van der Waals surface area contributed by atoms with Gasteiger partial charge in [-0.15, -0.1) is 0 Å². The number of benzene rings is 2. The van der Waals surface area contributed by atoms with Gasteiger partial charge in [-0.05, 0) is 39.7 Å². The second-order valence-electron chi connectivity index (χ2n) is 5.58. The molecule has 2 aromatic rings. The fourth-order valence-corrected chi connectivity index (χ4v) is 4.02. The summed E-state index contributed by atoms with van der Waals surface area (Å²) in [5.41, 5.74) is 1.34. The number of amides is 1. The van der Waals surface area contributed by atoms with Crippen LogP contribution in [0.4, 0.5) is 0 Å². The molecule has 128 valence electrons. The lowest BCUT2D eigenvalue weighted by molar-refractivity contribution is 0.0785. The molecule has 2 rings (SSSR count). The molecule has 0 fully saturated rings. The van der Waals surface area contributed by atoms with Crippen molar-refractivity contribution in [2.75, 3.05) is 21.1 Å². The zero-order valence-electron chi connectivity index (χ0n) is 13.7. The average molecular weight is 411 g/mol. The highest BCUT2D eigenvalue weighted by Crippen LogP contribution is 2.25. The van der Waals surface area contributed by atoms with Gasteiger partial charge in [-0.25, -0.2) is 12.7 Å². The lowest BCUT2D eigenvalue weighted by Crippen LogP contribution is -2.27. The molecule has 24 heavy (non-hydrogen) atoms. The van der Waals surface area contributed by atoms with Crippen molar-refractivity contribution in [1.29, 1.82) is 0 Å². The van der Waals surface area contributed by atoms with E-state index < -0.39 is 10.0 Å². The SMILES string of the molecule is CN(Cc1ccccc1)C(=O)c1ccc(Br)c(S(=O)(=O)N(C)C)c1. The van der Waals surface area contributed by atoms with E-state index in [2.05, 4.69) is 15.9 Å². The van der Waals surface area contributed by atoms with Gasteiger partial charge in [0.05, 0.1) is 4.90 Å². The molecule has 0 saturated heterocycles. The minimum atomic E-state index is -3.63. The molecule has 0 N–H and O–H groups in total. The largest absolute Gasteiger partial charge is 0.337 e. The molecule has 0 aromatic heterocycles. The van der Waals surface area contributed by atoms with E-state index >= 15 is 0 Å². The van der Waals surface area contributed by atoms with Crippen LogP contribution in [0.25, 0.3) is 0 Å². The van der Waals surface area contributed by atoms with E-state index in [4.69, 9.17) is 0 Å². The van der Waals surface area contributed by atoms with Gasteiger partial charge in [0.1, 0.15) is 0 Å². The van der Waals surface area contributed by atoms with Crippen molar-refractivity contribution >= 4 is 31.9 Å². The Morgan fingerprint density at radius 1 is 1.04 bits per heavy atom. The third-order valence-electron chi connectivity index (χ3n) is 3.55. The molecule has 0 atom stereocenters. The maximum absolute atomic E-state index is 12.6. The van der Waals surface area contributed by atoms with Crippen LogP contribution in [-0.4, -0.2) is 44.7 Å². The minimum absolute atomic E-state index is 0.0754. The molecule has 0 aliphatic heterocycles. The smallest absolute Gasteiger partial charge is 0.253 e. The lowest BCUT2D eigenvalue weighted by Gasteiger charge is -2.19. The summed E-state index contributed by atoms with van der Waals surface area (Å²) in [7, 11) is 0.972. The van der Waals surface area contributed by atoms with Gasteiger partial charge >= 0.3 is 0 Å². The zero-order chi connectivity index (χ0) is 17.9. The highest BCUT2D eigenvalue weighted by atomic mass is 79.9. The van der Waals surface area contributed by atoms with Crippen molar-refractivity contribution in [2.24, 2.45) is 0 Å². The van der Waals surface area contributed by atoms with Crippen LogP contribution in [0.2, 0.25) is 0 Å². The Morgan fingerprint density at radius 2 is 1.67 bits per heavy atom. The number of rotatable bonds is 5. The first-order valence-corrected chi connectivity index (χ1v) is 9.48. The van der Waals surface area contributed by atoms with E-state index in [1.165, 1.54) is 20.2 Å². The minimum Gasteiger partial charge on any atom is -0.337 e. The molecule has 0 bridgehead atoms. The second kappa shape index (κ2) is 7.46. The quantitative estimate of drug-likeness (QED) is 0.760. The number of sulfonamides is 1. The van der Waals surface area contributed by atoms with Crippen molar-refractivity contribution in [1.82, 2.24) is 9.21 Å². The van der Waals surface area contributed by atoms with Crippen molar-refractivity contribution in [2.45, 2.75) is 11.4 Å². The van der Waals surface area contributed by atoms with E-state index in [1.807, 2.05) is 30.3 Å². The van der Waals surface area contributed by atoms with Crippen molar-refractivity contribution in [3.8, 4) is 0 Å². The number of carbonyl (C=O) groups is 1. The monoisotopic (exact) mass is 410 g/mol. The highest BCUT2D eigenvalue weighted by Gasteiger charge is 2.23. The van der Waals surface area contributed by atoms with Crippen LogP contribution >= 0.6 is 15.9 Å². The summed E-state index contributed by atoms with van der Waals surface area (Å²) in [6.07, 6.45) is 0. The first-order valence-electron chi connectivity index (χ1n) is 7.25. The Kier molecular flexibility index (Phi) is 5.79. The Morgan fingerprint density at radius 3 is 2.25 bits per heavy atom. The molecule has 0 radical (unpaired) electrons. The van der Waals surface area contributed by atoms with E-state index in [9.17, 15) is 13.2 Å². The van der Waals surface area contributed by atoms with Crippen molar-refractivity contribution in [3.05, 3.63) is 64.1 Å². The van der Waals surface area contributed by atoms with Gasteiger partial charge in [0.25, 0.3) is 5.91 Å². The third-order valence-corrected chi connectivity index (χ3v) is 6.36. The highest BCUT2D eigenvalue weighted by molar-refractivity contribution is 9.10. The Hall–Kier alpha value is -1.70. The van der Waals surface area contributed by atoms with Crippen LogP contribution in [0.5, 0.6) is 0 Å². The van der Waals surface area contributed by atoms with E-state index in [-0.39, 0.29) is 10.8 Å². The maximum Gasteiger partial charge on any atom is 0.253 e. The number of nitrogens with zero attached hydrogens (tertiary/aromatic N) is 2. The fraction of sp³-hybridized carbons (Fsp3) is 0.235. The topological polar surface area (TPSA) is 57.7 Å². The van der Waals surface area contributed by atoms with Crippen LogP contribution in [0.3, 0.4) is 0 Å². The standard InChI is InChI=1S/C17H19BrN2O3S/c1-19(2)24(22,23)16-11-14(9-10-15(16)18)17(21)20(3)12-13-7-5-4-6-8-13/h4-11H,12H2,1-3H3. The second-order valence-corrected chi connectivity index (χ2v) is 8.55. The summed E-state index contributed by atoms with van der Waals surface area (Å²) in [5, 5.41) is 0. The molecular formula is C17H19BrN2O3S. The molecule has 0 saturated carbocycles. The lowest BCUT2D eigenvalue weighted by atomic mass is 10.1. The number of halogens is 1. The van der Waals surface area contributed by atoms with Gasteiger partial charge in [0.2, 0.25) is 10.0 Å². The van der Waals surface area contributed by atoms with E-state index in [0.717, 1.165) is 9.87 Å². The van der Waals surface area contributed by atoms with E-state index in [1.54, 1.807) is 24.1 Å².